The standard InChI is InChI=1S/C17H23ClN2O5S/c1-3-11(2)20(13-6-7-26(23,24)10-13)16(21)9-25-15-5-4-12(18)8-14(15)17(19)22/h4-5,8,11,13H,3,6-7,9-10H2,1-2H3,(H2,19,22)/t11-,13+/m0/s1. The molecule has 1 fully saturated rings. The third-order valence-electron chi connectivity index (χ3n) is 4.51. The van der Waals surface area contributed by atoms with Gasteiger partial charge in [-0.2, -0.15) is 0 Å². The van der Waals surface area contributed by atoms with Crippen LogP contribution in [0, 0.1) is 0 Å². The van der Waals surface area contributed by atoms with Crippen molar-refractivity contribution in [2.45, 2.75) is 38.8 Å². The van der Waals surface area contributed by atoms with Crippen LogP contribution in [0.25, 0.3) is 0 Å². The first-order chi connectivity index (χ1) is 12.1. The molecule has 7 nitrogen and oxygen atoms in total. The molecule has 2 N–H and O–H groups in total. The van der Waals surface area contributed by atoms with Gasteiger partial charge >= 0.3 is 0 Å². The van der Waals surface area contributed by atoms with Crippen molar-refractivity contribution in [2.75, 3.05) is 18.1 Å². The molecule has 2 rings (SSSR count). The van der Waals surface area contributed by atoms with E-state index in [1.54, 1.807) is 4.90 Å². The molecular weight excluding hydrogens is 380 g/mol. The highest BCUT2D eigenvalue weighted by molar-refractivity contribution is 7.91. The molecule has 0 aromatic heterocycles. The zero-order valence-corrected chi connectivity index (χ0v) is 16.3. The van der Waals surface area contributed by atoms with E-state index in [2.05, 4.69) is 0 Å². The van der Waals surface area contributed by atoms with Gasteiger partial charge in [-0.25, -0.2) is 8.42 Å². The Bertz CT molecular complexity index is 796. The van der Waals surface area contributed by atoms with Crippen molar-refractivity contribution in [3.05, 3.63) is 28.8 Å². The SMILES string of the molecule is CC[C@H](C)N(C(=O)COc1ccc(Cl)cc1C(N)=O)[C@@H]1CCS(=O)(=O)C1. The van der Waals surface area contributed by atoms with Crippen molar-refractivity contribution in [1.29, 1.82) is 0 Å². The summed E-state index contributed by atoms with van der Waals surface area (Å²) in [6, 6.07) is 3.91. The summed E-state index contributed by atoms with van der Waals surface area (Å²) in [7, 11) is -3.12. The number of rotatable bonds is 7. The van der Waals surface area contributed by atoms with Crippen molar-refractivity contribution >= 4 is 33.3 Å². The Morgan fingerprint density at radius 3 is 2.65 bits per heavy atom. The van der Waals surface area contributed by atoms with Gasteiger partial charge in [-0.05, 0) is 38.0 Å². The third-order valence-corrected chi connectivity index (χ3v) is 6.50. The van der Waals surface area contributed by atoms with Gasteiger partial charge in [0.1, 0.15) is 5.75 Å². The van der Waals surface area contributed by atoms with Crippen LogP contribution in [0.3, 0.4) is 0 Å². The largest absolute Gasteiger partial charge is 0.483 e. The van der Waals surface area contributed by atoms with Crippen LogP contribution in [-0.2, 0) is 14.6 Å². The minimum atomic E-state index is -3.12. The number of carbonyl (C=O) groups is 2. The summed E-state index contributed by atoms with van der Waals surface area (Å²) in [4.78, 5) is 25.8. The van der Waals surface area contributed by atoms with Gasteiger partial charge in [0.15, 0.2) is 16.4 Å². The summed E-state index contributed by atoms with van der Waals surface area (Å²) in [5.41, 5.74) is 5.40. The highest BCUT2D eigenvalue weighted by Gasteiger charge is 2.36. The Hall–Kier alpha value is -1.80. The Kier molecular flexibility index (Phi) is 6.52. The fraction of sp³-hybridized carbons (Fsp3) is 0.529. The molecule has 1 aromatic rings. The minimum Gasteiger partial charge on any atom is -0.483 e. The molecule has 144 valence electrons. The smallest absolute Gasteiger partial charge is 0.261 e. The predicted octanol–water partition coefficient (Wildman–Crippen LogP) is 1.63. The van der Waals surface area contributed by atoms with Crippen molar-refractivity contribution in [3.63, 3.8) is 0 Å². The fourth-order valence-corrected chi connectivity index (χ4v) is 4.92. The average Bonchev–Trinajstić information content (AvgIpc) is 2.92. The zero-order chi connectivity index (χ0) is 19.5. The highest BCUT2D eigenvalue weighted by atomic mass is 35.5. The normalized spacial score (nSPS) is 19.7. The maximum Gasteiger partial charge on any atom is 0.261 e. The van der Waals surface area contributed by atoms with Crippen molar-refractivity contribution < 1.29 is 22.7 Å². The maximum absolute atomic E-state index is 12.7. The lowest BCUT2D eigenvalue weighted by atomic mass is 10.1. The molecule has 2 amide bonds. The first-order valence-corrected chi connectivity index (χ1v) is 10.6. The van der Waals surface area contributed by atoms with Gasteiger partial charge in [-0.1, -0.05) is 18.5 Å². The summed E-state index contributed by atoms with van der Waals surface area (Å²) in [5, 5.41) is 0.329. The molecule has 26 heavy (non-hydrogen) atoms. The number of halogens is 1. The molecule has 0 aliphatic carbocycles. The number of hydrogen-bond acceptors (Lipinski definition) is 5. The van der Waals surface area contributed by atoms with Gasteiger partial charge in [0.2, 0.25) is 0 Å². The number of nitrogens with two attached hydrogens (primary N) is 1. The quantitative estimate of drug-likeness (QED) is 0.745. The molecule has 0 radical (unpaired) electrons. The summed E-state index contributed by atoms with van der Waals surface area (Å²) in [6.45, 7) is 3.49. The van der Waals surface area contributed by atoms with Crippen LogP contribution in [0.5, 0.6) is 5.75 Å². The second-order valence-electron chi connectivity index (χ2n) is 6.41. The van der Waals surface area contributed by atoms with E-state index >= 15 is 0 Å². The highest BCUT2D eigenvalue weighted by Crippen LogP contribution is 2.24. The summed E-state index contributed by atoms with van der Waals surface area (Å²) < 4.78 is 29.1. The van der Waals surface area contributed by atoms with Crippen LogP contribution in [-0.4, -0.2) is 55.3 Å². The van der Waals surface area contributed by atoms with Gasteiger partial charge in [-0.15, -0.1) is 0 Å². The maximum atomic E-state index is 12.7. The molecule has 0 saturated carbocycles. The van der Waals surface area contributed by atoms with E-state index in [0.717, 1.165) is 0 Å². The van der Waals surface area contributed by atoms with Gasteiger partial charge in [0.05, 0.1) is 17.1 Å². The second-order valence-corrected chi connectivity index (χ2v) is 9.07. The van der Waals surface area contributed by atoms with Crippen LogP contribution < -0.4 is 10.5 Å². The number of ether oxygens (including phenoxy) is 1. The molecule has 1 aliphatic rings. The molecule has 2 atom stereocenters. The number of carbonyl (C=O) groups excluding carboxylic acids is 2. The Balaban J connectivity index is 2.14. The van der Waals surface area contributed by atoms with Gasteiger partial charge in [0, 0.05) is 17.1 Å². The molecule has 0 spiro atoms. The molecule has 0 unspecified atom stereocenters. The first kappa shape index (κ1) is 20.5. The number of nitrogens with zero attached hydrogens (tertiary/aromatic N) is 1. The van der Waals surface area contributed by atoms with Crippen molar-refractivity contribution in [1.82, 2.24) is 4.90 Å². The van der Waals surface area contributed by atoms with Crippen LogP contribution in [0.15, 0.2) is 18.2 Å². The monoisotopic (exact) mass is 402 g/mol. The van der Waals surface area contributed by atoms with Crippen molar-refractivity contribution in [2.24, 2.45) is 5.73 Å². The number of benzene rings is 1. The minimum absolute atomic E-state index is 0.0312. The molecule has 9 heteroatoms. The molecule has 1 saturated heterocycles. The van der Waals surface area contributed by atoms with Gasteiger partial charge in [0.25, 0.3) is 11.8 Å². The summed E-state index contributed by atoms with van der Waals surface area (Å²) in [6.07, 6.45) is 1.11. The molecule has 1 heterocycles. The average molecular weight is 403 g/mol. The number of hydrogen-bond donors (Lipinski definition) is 1. The van der Waals surface area contributed by atoms with Gasteiger partial charge in [-0.3, -0.25) is 9.59 Å². The molecule has 1 aromatic carbocycles. The van der Waals surface area contributed by atoms with E-state index in [1.807, 2.05) is 13.8 Å². The predicted molar refractivity (Wildman–Crippen MR) is 99.1 cm³/mol. The van der Waals surface area contributed by atoms with Crippen LogP contribution in [0.4, 0.5) is 0 Å². The van der Waals surface area contributed by atoms with Gasteiger partial charge < -0.3 is 15.4 Å². The lowest BCUT2D eigenvalue weighted by Gasteiger charge is -2.33. The molecule has 0 bridgehead atoms. The lowest BCUT2D eigenvalue weighted by molar-refractivity contribution is -0.137. The summed E-state index contributed by atoms with van der Waals surface area (Å²) in [5.74, 6) is -0.820. The first-order valence-electron chi connectivity index (χ1n) is 8.38. The zero-order valence-electron chi connectivity index (χ0n) is 14.8. The van der Waals surface area contributed by atoms with E-state index in [-0.39, 0.29) is 47.4 Å². The Morgan fingerprint density at radius 1 is 1.42 bits per heavy atom. The van der Waals surface area contributed by atoms with E-state index in [1.165, 1.54) is 18.2 Å². The van der Waals surface area contributed by atoms with E-state index < -0.39 is 15.7 Å². The van der Waals surface area contributed by atoms with E-state index in [4.69, 9.17) is 22.1 Å². The molecular formula is C17H23ClN2O5S. The van der Waals surface area contributed by atoms with E-state index in [9.17, 15) is 18.0 Å². The topological polar surface area (TPSA) is 107 Å². The number of primary amides is 1. The number of sulfone groups is 1. The van der Waals surface area contributed by atoms with E-state index in [0.29, 0.717) is 17.9 Å². The summed E-state index contributed by atoms with van der Waals surface area (Å²) >= 11 is 5.85. The lowest BCUT2D eigenvalue weighted by Crippen LogP contribution is -2.48. The fourth-order valence-electron chi connectivity index (χ4n) is 3.04. The van der Waals surface area contributed by atoms with Crippen molar-refractivity contribution in [3.8, 4) is 5.75 Å². The second kappa shape index (κ2) is 8.26. The van der Waals surface area contributed by atoms with Crippen LogP contribution >= 0.6 is 11.6 Å². The Morgan fingerprint density at radius 2 is 2.12 bits per heavy atom. The number of amides is 2. The van der Waals surface area contributed by atoms with Crippen LogP contribution in [0.1, 0.15) is 37.0 Å². The third kappa shape index (κ3) is 4.88. The Labute approximate surface area is 158 Å². The molecule has 1 aliphatic heterocycles. The van der Waals surface area contributed by atoms with Crippen LogP contribution in [0.2, 0.25) is 5.02 Å².